The molecule has 3 aromatic heterocycles. The molecule has 0 unspecified atom stereocenters. The van der Waals surface area contributed by atoms with Crippen molar-refractivity contribution in [1.82, 2.24) is 44.9 Å². The Morgan fingerprint density at radius 3 is 2.48 bits per heavy atom. The number of imidazole rings is 1. The number of likely N-dealkylation sites (tertiary alicyclic amines) is 1. The van der Waals surface area contributed by atoms with Crippen LogP contribution in [0.5, 0.6) is 0 Å². The minimum absolute atomic E-state index is 0.0681. The zero-order chi connectivity index (χ0) is 40.2. The molecule has 3 fully saturated rings. The van der Waals surface area contributed by atoms with E-state index in [2.05, 4.69) is 50.7 Å². The first kappa shape index (κ1) is 39.0. The van der Waals surface area contributed by atoms with Gasteiger partial charge in [-0.2, -0.15) is 0 Å². The van der Waals surface area contributed by atoms with Gasteiger partial charge in [-0.3, -0.25) is 34.2 Å². The summed E-state index contributed by atoms with van der Waals surface area (Å²) in [5.41, 5.74) is 3.73. The number of hydrogen-bond donors (Lipinski definition) is 4. The molecule has 1 saturated carbocycles. The lowest BCUT2D eigenvalue weighted by Gasteiger charge is -2.36. The van der Waals surface area contributed by atoms with E-state index in [1.807, 2.05) is 25.4 Å². The third-order valence-electron chi connectivity index (χ3n) is 11.2. The van der Waals surface area contributed by atoms with Crippen LogP contribution in [0.2, 0.25) is 0 Å². The Morgan fingerprint density at radius 1 is 0.897 bits per heavy atom. The molecule has 8 rings (SSSR count). The maximum atomic E-state index is 13.3. The van der Waals surface area contributed by atoms with Gasteiger partial charge in [0.2, 0.25) is 11.8 Å². The number of piperidine rings is 2. The van der Waals surface area contributed by atoms with Crippen molar-refractivity contribution in [3.63, 3.8) is 0 Å². The molecule has 304 valence electrons. The van der Waals surface area contributed by atoms with Crippen molar-refractivity contribution in [1.29, 1.82) is 0 Å². The summed E-state index contributed by atoms with van der Waals surface area (Å²) < 4.78 is 13.6. The summed E-state index contributed by atoms with van der Waals surface area (Å²) in [6.45, 7) is 6.77. The Bertz CT molecular complexity index is 2200. The number of benzene rings is 1. The normalized spacial score (nSPS) is 21.2. The molecular weight excluding hydrogens is 747 g/mol. The summed E-state index contributed by atoms with van der Waals surface area (Å²) in [7, 11) is 0. The second kappa shape index (κ2) is 17.3. The molecule has 0 spiro atoms. The predicted molar refractivity (Wildman–Crippen MR) is 210 cm³/mol. The van der Waals surface area contributed by atoms with Crippen LogP contribution in [0.4, 0.5) is 11.5 Å². The van der Waals surface area contributed by atoms with Crippen LogP contribution in [0.15, 0.2) is 49.1 Å². The summed E-state index contributed by atoms with van der Waals surface area (Å²) in [6, 6.07) is 9.93. The maximum absolute atomic E-state index is 13.3. The van der Waals surface area contributed by atoms with Crippen LogP contribution >= 0.6 is 0 Å². The quantitative estimate of drug-likeness (QED) is 0.0945. The summed E-state index contributed by atoms with van der Waals surface area (Å²) in [5, 5.41) is 12.1. The Hall–Kier alpha value is -5.85. The van der Waals surface area contributed by atoms with Crippen LogP contribution in [0.3, 0.4) is 0 Å². The Kier molecular flexibility index (Phi) is 11.7. The van der Waals surface area contributed by atoms with Crippen LogP contribution in [-0.4, -0.2) is 135 Å². The monoisotopic (exact) mass is 793 g/mol. The average molecular weight is 794 g/mol. The van der Waals surface area contributed by atoms with Crippen molar-refractivity contribution >= 4 is 52.2 Å². The number of nitrogens with zero attached hydrogens (tertiary/aromatic N) is 7. The fourth-order valence-corrected chi connectivity index (χ4v) is 8.02. The SMILES string of the molecule is Cc1cccc(C(=O)NC2CC(n3cnc4c(NC5CCN(CCOCCOCCNc6cccc7c6C(=O)N([C@H]6CCC(=O)NC6=O)C7=O)CC5)ncnc43)C2)n1. The molecule has 2 saturated heterocycles. The van der Waals surface area contributed by atoms with Gasteiger partial charge in [-0.1, -0.05) is 12.1 Å². The summed E-state index contributed by atoms with van der Waals surface area (Å²) in [4.78, 5) is 84.3. The number of carbonyl (C=O) groups excluding carboxylic acids is 5. The minimum Gasteiger partial charge on any atom is -0.382 e. The van der Waals surface area contributed by atoms with Crippen molar-refractivity contribution in [3.8, 4) is 0 Å². The summed E-state index contributed by atoms with van der Waals surface area (Å²) in [5.74, 6) is -1.55. The van der Waals surface area contributed by atoms with Crippen LogP contribution in [0, 0.1) is 6.92 Å². The third kappa shape index (κ3) is 8.39. The molecule has 1 aromatic carbocycles. The first-order valence-electron chi connectivity index (χ1n) is 19.9. The molecule has 58 heavy (non-hydrogen) atoms. The molecule has 18 nitrogen and oxygen atoms in total. The number of hydrogen-bond acceptors (Lipinski definition) is 14. The van der Waals surface area contributed by atoms with E-state index in [4.69, 9.17) is 9.47 Å². The van der Waals surface area contributed by atoms with E-state index in [-0.39, 0.29) is 48.0 Å². The molecule has 18 heteroatoms. The molecule has 4 aromatic rings. The van der Waals surface area contributed by atoms with E-state index in [0.29, 0.717) is 44.4 Å². The Morgan fingerprint density at radius 2 is 1.69 bits per heavy atom. The van der Waals surface area contributed by atoms with Crippen LogP contribution < -0.4 is 21.3 Å². The van der Waals surface area contributed by atoms with Crippen LogP contribution in [0.25, 0.3) is 11.2 Å². The molecular formula is C40H47N11O7. The lowest BCUT2D eigenvalue weighted by Crippen LogP contribution is -2.54. The number of anilines is 2. The van der Waals surface area contributed by atoms with Crippen molar-refractivity contribution in [2.45, 2.75) is 69.6 Å². The van der Waals surface area contributed by atoms with Gasteiger partial charge in [0.15, 0.2) is 11.5 Å². The van der Waals surface area contributed by atoms with Gasteiger partial charge in [0.05, 0.1) is 43.9 Å². The number of pyridine rings is 1. The average Bonchev–Trinajstić information content (AvgIpc) is 3.74. The van der Waals surface area contributed by atoms with Crippen molar-refractivity contribution in [2.24, 2.45) is 0 Å². The van der Waals surface area contributed by atoms with Gasteiger partial charge < -0.3 is 34.9 Å². The van der Waals surface area contributed by atoms with Gasteiger partial charge in [-0.25, -0.2) is 19.9 Å². The number of ether oxygens (including phenoxy) is 2. The molecule has 6 heterocycles. The molecule has 1 atom stereocenters. The molecule has 5 amide bonds. The highest BCUT2D eigenvalue weighted by molar-refractivity contribution is 6.25. The number of aromatic nitrogens is 5. The zero-order valence-corrected chi connectivity index (χ0v) is 32.3. The van der Waals surface area contributed by atoms with Crippen molar-refractivity contribution in [2.75, 3.05) is 63.2 Å². The standard InChI is InChI=1S/C40H47N11O7/c1-24-4-2-7-30(45-24)37(53)47-26-20-27(21-26)50-23-44-34-35(42-22-43-36(34)50)46-25-10-13-49(14-11-25)15-17-58-19-18-57-16-12-41-29-6-3-5-28-33(29)40(56)51(39(28)55)31-8-9-32(52)48-38(31)54/h2-7,22-23,25-27,31,41H,8-21H2,1H3,(H,47,53)(H,42,43,46)(H,48,52,54)/t26?,27?,31-/m0/s1. The van der Waals surface area contributed by atoms with Crippen LogP contribution in [-0.2, 0) is 19.1 Å². The summed E-state index contributed by atoms with van der Waals surface area (Å²) >= 11 is 0. The zero-order valence-electron chi connectivity index (χ0n) is 32.3. The van der Waals surface area contributed by atoms with E-state index >= 15 is 0 Å². The highest BCUT2D eigenvalue weighted by Crippen LogP contribution is 2.36. The van der Waals surface area contributed by atoms with E-state index in [1.165, 1.54) is 0 Å². The molecule has 1 aliphatic carbocycles. The first-order valence-corrected chi connectivity index (χ1v) is 19.9. The predicted octanol–water partition coefficient (Wildman–Crippen LogP) is 2.09. The Balaban J connectivity index is 0.701. The summed E-state index contributed by atoms with van der Waals surface area (Å²) in [6.07, 6.45) is 7.09. The Labute approximate surface area is 334 Å². The van der Waals surface area contributed by atoms with Crippen molar-refractivity contribution in [3.05, 3.63) is 71.6 Å². The highest BCUT2D eigenvalue weighted by atomic mass is 16.5. The van der Waals surface area contributed by atoms with Gasteiger partial charge in [0.1, 0.15) is 23.6 Å². The van der Waals surface area contributed by atoms with Gasteiger partial charge in [-0.15, -0.1) is 0 Å². The lowest BCUT2D eigenvalue weighted by molar-refractivity contribution is -0.136. The number of amides is 5. The van der Waals surface area contributed by atoms with E-state index in [1.54, 1.807) is 30.6 Å². The molecule has 0 bridgehead atoms. The van der Waals surface area contributed by atoms with Gasteiger partial charge >= 0.3 is 0 Å². The number of rotatable bonds is 16. The largest absolute Gasteiger partial charge is 0.382 e. The number of carbonyl (C=O) groups is 5. The minimum atomic E-state index is -1.01. The third-order valence-corrected chi connectivity index (χ3v) is 11.2. The topological polar surface area (TPSA) is 215 Å². The highest BCUT2D eigenvalue weighted by Gasteiger charge is 2.45. The van der Waals surface area contributed by atoms with Gasteiger partial charge in [-0.05, 0) is 63.3 Å². The molecule has 3 aliphatic heterocycles. The molecule has 0 radical (unpaired) electrons. The molecule has 4 aliphatic rings. The maximum Gasteiger partial charge on any atom is 0.270 e. The fraction of sp³-hybridized carbons (Fsp3) is 0.475. The number of aryl methyl sites for hydroxylation is 1. The van der Waals surface area contributed by atoms with Gasteiger partial charge in [0.25, 0.3) is 17.7 Å². The van der Waals surface area contributed by atoms with E-state index < -0.39 is 29.7 Å². The smallest absolute Gasteiger partial charge is 0.270 e. The van der Waals surface area contributed by atoms with Crippen LogP contribution in [0.1, 0.15) is 81.5 Å². The fourth-order valence-electron chi connectivity index (χ4n) is 8.02. The van der Waals surface area contributed by atoms with E-state index in [0.717, 1.165) is 72.9 Å². The van der Waals surface area contributed by atoms with E-state index in [9.17, 15) is 24.0 Å². The first-order chi connectivity index (χ1) is 28.2. The second-order valence-electron chi connectivity index (χ2n) is 15.1. The lowest BCUT2D eigenvalue weighted by atomic mass is 9.86. The number of fused-ring (bicyclic) bond motifs is 2. The number of nitrogens with one attached hydrogen (secondary N) is 4. The van der Waals surface area contributed by atoms with Crippen molar-refractivity contribution < 1.29 is 33.4 Å². The van der Waals surface area contributed by atoms with Gasteiger partial charge in [0, 0.05) is 62.1 Å². The number of imide groups is 2. The molecule has 4 N–H and O–H groups in total. The second-order valence-corrected chi connectivity index (χ2v) is 15.1.